The van der Waals surface area contributed by atoms with E-state index in [1.807, 2.05) is 37.3 Å². The molecule has 0 aromatic heterocycles. The molecule has 2 nitrogen and oxygen atoms in total. The van der Waals surface area contributed by atoms with E-state index in [9.17, 15) is 4.79 Å². The van der Waals surface area contributed by atoms with Gasteiger partial charge in [0.2, 0.25) is 0 Å². The monoisotopic (exact) mass is 266 g/mol. The lowest BCUT2D eigenvalue weighted by Crippen LogP contribution is -2.07. The maximum atomic E-state index is 12.0. The molecule has 1 saturated heterocycles. The minimum absolute atomic E-state index is 0.212. The van der Waals surface area contributed by atoms with Crippen LogP contribution in [-0.2, 0) is 9.53 Å². The summed E-state index contributed by atoms with van der Waals surface area (Å²) in [6, 6.07) is 9.75. The number of thioether (sulfide) groups is 2. The zero-order valence-electron chi connectivity index (χ0n) is 9.64. The predicted molar refractivity (Wildman–Crippen MR) is 74.9 cm³/mol. The third kappa shape index (κ3) is 3.07. The Morgan fingerprint density at radius 3 is 2.47 bits per heavy atom. The number of esters is 1. The van der Waals surface area contributed by atoms with Crippen LogP contribution in [0.5, 0.6) is 0 Å². The standard InChI is InChI=1S/C13H14O2S2/c1-2-15-12(14)11(13-16-8-9-17-13)10-6-4-3-5-7-10/h3-7H,2,8-9H2,1H3. The van der Waals surface area contributed by atoms with Crippen molar-refractivity contribution in [1.82, 2.24) is 0 Å². The molecule has 1 fully saturated rings. The van der Waals surface area contributed by atoms with Crippen LogP contribution in [0.1, 0.15) is 12.5 Å². The molecule has 1 heterocycles. The van der Waals surface area contributed by atoms with Crippen molar-refractivity contribution in [2.24, 2.45) is 0 Å². The van der Waals surface area contributed by atoms with Crippen molar-refractivity contribution >= 4 is 35.1 Å². The largest absolute Gasteiger partial charge is 0.462 e. The van der Waals surface area contributed by atoms with Gasteiger partial charge in [0, 0.05) is 11.5 Å². The predicted octanol–water partition coefficient (Wildman–Crippen LogP) is 3.40. The highest BCUT2D eigenvalue weighted by Crippen LogP contribution is 2.42. The summed E-state index contributed by atoms with van der Waals surface area (Å²) in [7, 11) is 0. The normalized spacial score (nSPS) is 14.8. The van der Waals surface area contributed by atoms with Crippen LogP contribution in [0.3, 0.4) is 0 Å². The lowest BCUT2D eigenvalue weighted by atomic mass is 10.1. The van der Waals surface area contributed by atoms with Crippen LogP contribution >= 0.6 is 23.5 Å². The summed E-state index contributed by atoms with van der Waals surface area (Å²) >= 11 is 3.48. The summed E-state index contributed by atoms with van der Waals surface area (Å²) in [6.45, 7) is 2.25. The van der Waals surface area contributed by atoms with Gasteiger partial charge in [-0.1, -0.05) is 30.3 Å². The number of hydrogen-bond acceptors (Lipinski definition) is 4. The fourth-order valence-corrected chi connectivity index (χ4v) is 4.14. The summed E-state index contributed by atoms with van der Waals surface area (Å²) in [4.78, 5) is 12.0. The van der Waals surface area contributed by atoms with Crippen LogP contribution < -0.4 is 0 Å². The number of rotatable bonds is 3. The summed E-state index contributed by atoms with van der Waals surface area (Å²) in [6.07, 6.45) is 0. The van der Waals surface area contributed by atoms with Crippen molar-refractivity contribution < 1.29 is 9.53 Å². The van der Waals surface area contributed by atoms with E-state index < -0.39 is 0 Å². The van der Waals surface area contributed by atoms with Gasteiger partial charge in [0.05, 0.1) is 16.4 Å². The van der Waals surface area contributed by atoms with E-state index in [0.717, 1.165) is 26.9 Å². The Labute approximate surface area is 110 Å². The van der Waals surface area contributed by atoms with E-state index in [1.54, 1.807) is 23.5 Å². The topological polar surface area (TPSA) is 26.3 Å². The van der Waals surface area contributed by atoms with E-state index in [1.165, 1.54) is 0 Å². The van der Waals surface area contributed by atoms with E-state index >= 15 is 0 Å². The quantitative estimate of drug-likeness (QED) is 0.619. The second-order valence-corrected chi connectivity index (χ2v) is 5.91. The third-order valence-electron chi connectivity index (χ3n) is 2.30. The fourth-order valence-electron chi connectivity index (χ4n) is 1.58. The second-order valence-electron chi connectivity index (χ2n) is 3.45. The zero-order chi connectivity index (χ0) is 12.1. The summed E-state index contributed by atoms with van der Waals surface area (Å²) in [5.74, 6) is 1.92. The molecular formula is C13H14O2S2. The van der Waals surface area contributed by atoms with Gasteiger partial charge >= 0.3 is 5.97 Å². The van der Waals surface area contributed by atoms with Crippen molar-refractivity contribution in [3.63, 3.8) is 0 Å². The third-order valence-corrected chi connectivity index (χ3v) is 5.01. The minimum atomic E-state index is -0.212. The Morgan fingerprint density at radius 2 is 1.88 bits per heavy atom. The first-order valence-electron chi connectivity index (χ1n) is 5.55. The molecule has 0 spiro atoms. The first kappa shape index (κ1) is 12.6. The number of carbonyl (C=O) groups excluding carboxylic acids is 1. The molecule has 90 valence electrons. The SMILES string of the molecule is CCOC(=O)C(=C1SCCS1)c1ccccc1. The highest BCUT2D eigenvalue weighted by Gasteiger charge is 2.22. The van der Waals surface area contributed by atoms with Crippen LogP contribution in [0.4, 0.5) is 0 Å². The average molecular weight is 266 g/mol. The van der Waals surface area contributed by atoms with Crippen LogP contribution in [0.2, 0.25) is 0 Å². The highest BCUT2D eigenvalue weighted by atomic mass is 32.2. The Bertz CT molecular complexity index is 418. The second kappa shape index (κ2) is 6.17. The van der Waals surface area contributed by atoms with Gasteiger partial charge in [-0.3, -0.25) is 0 Å². The van der Waals surface area contributed by atoms with E-state index in [0.29, 0.717) is 6.61 Å². The van der Waals surface area contributed by atoms with E-state index in [-0.39, 0.29) is 5.97 Å². The molecule has 4 heteroatoms. The van der Waals surface area contributed by atoms with Gasteiger partial charge in [0.25, 0.3) is 0 Å². The maximum absolute atomic E-state index is 12.0. The molecule has 1 aromatic carbocycles. The molecule has 1 aliphatic heterocycles. The van der Waals surface area contributed by atoms with Gasteiger partial charge in [-0.2, -0.15) is 0 Å². The first-order valence-corrected chi connectivity index (χ1v) is 7.52. The van der Waals surface area contributed by atoms with Gasteiger partial charge in [-0.05, 0) is 12.5 Å². The fraction of sp³-hybridized carbons (Fsp3) is 0.308. The lowest BCUT2D eigenvalue weighted by Gasteiger charge is -2.09. The molecule has 1 aromatic rings. The minimum Gasteiger partial charge on any atom is -0.462 e. The molecule has 17 heavy (non-hydrogen) atoms. The summed E-state index contributed by atoms with van der Waals surface area (Å²) in [5.41, 5.74) is 1.67. The van der Waals surface area contributed by atoms with Crippen molar-refractivity contribution in [3.8, 4) is 0 Å². The van der Waals surface area contributed by atoms with Gasteiger partial charge < -0.3 is 4.74 Å². The van der Waals surface area contributed by atoms with E-state index in [4.69, 9.17) is 4.74 Å². The lowest BCUT2D eigenvalue weighted by molar-refractivity contribution is -0.136. The van der Waals surface area contributed by atoms with Gasteiger partial charge in [-0.15, -0.1) is 23.5 Å². The van der Waals surface area contributed by atoms with Crippen LogP contribution in [0.25, 0.3) is 5.57 Å². The molecule has 0 aliphatic carbocycles. The molecule has 0 unspecified atom stereocenters. The van der Waals surface area contributed by atoms with Crippen LogP contribution in [0, 0.1) is 0 Å². The maximum Gasteiger partial charge on any atom is 0.340 e. The Kier molecular flexibility index (Phi) is 4.57. The Hall–Kier alpha value is -0.870. The van der Waals surface area contributed by atoms with Gasteiger partial charge in [-0.25, -0.2) is 4.79 Å². The highest BCUT2D eigenvalue weighted by molar-refractivity contribution is 8.25. The van der Waals surface area contributed by atoms with Crippen LogP contribution in [0.15, 0.2) is 34.6 Å². The van der Waals surface area contributed by atoms with Gasteiger partial charge in [0.1, 0.15) is 0 Å². The first-order chi connectivity index (χ1) is 8.33. The van der Waals surface area contributed by atoms with Crippen molar-refractivity contribution in [3.05, 3.63) is 40.1 Å². The Balaban J connectivity index is 2.37. The summed E-state index contributed by atoms with van der Waals surface area (Å²) < 4.78 is 6.24. The molecule has 0 atom stereocenters. The number of benzene rings is 1. The van der Waals surface area contributed by atoms with Crippen molar-refractivity contribution in [2.45, 2.75) is 6.92 Å². The van der Waals surface area contributed by atoms with E-state index in [2.05, 4.69) is 0 Å². The van der Waals surface area contributed by atoms with Crippen molar-refractivity contribution in [1.29, 1.82) is 0 Å². The molecular weight excluding hydrogens is 252 g/mol. The molecule has 0 radical (unpaired) electrons. The number of ether oxygens (including phenoxy) is 1. The molecule has 0 saturated carbocycles. The smallest absolute Gasteiger partial charge is 0.340 e. The number of hydrogen-bond donors (Lipinski definition) is 0. The average Bonchev–Trinajstić information content (AvgIpc) is 2.85. The summed E-state index contributed by atoms with van der Waals surface area (Å²) in [5, 5.41) is 0. The van der Waals surface area contributed by atoms with Crippen LogP contribution in [-0.4, -0.2) is 24.1 Å². The van der Waals surface area contributed by atoms with Crippen molar-refractivity contribution in [2.75, 3.05) is 18.1 Å². The van der Waals surface area contributed by atoms with Gasteiger partial charge in [0.15, 0.2) is 0 Å². The number of carbonyl (C=O) groups is 1. The zero-order valence-corrected chi connectivity index (χ0v) is 11.3. The molecule has 2 rings (SSSR count). The molecule has 1 aliphatic rings. The molecule has 0 bridgehead atoms. The molecule has 0 N–H and O–H groups in total. The Morgan fingerprint density at radius 1 is 1.24 bits per heavy atom. The molecule has 0 amide bonds.